The van der Waals surface area contributed by atoms with Crippen molar-refractivity contribution in [1.82, 2.24) is 19.6 Å². The predicted molar refractivity (Wildman–Crippen MR) is 87.9 cm³/mol. The molecule has 0 unspecified atom stereocenters. The summed E-state index contributed by atoms with van der Waals surface area (Å²) < 4.78 is 14.9. The van der Waals surface area contributed by atoms with Crippen molar-refractivity contribution in [1.29, 1.82) is 0 Å². The Morgan fingerprint density at radius 3 is 2.80 bits per heavy atom. The monoisotopic (exact) mass is 342 g/mol. The Kier molecular flexibility index (Phi) is 3.78. The molecule has 2 fully saturated rings. The van der Waals surface area contributed by atoms with E-state index < -0.39 is 0 Å². The largest absolute Gasteiger partial charge is 0.338 e. The number of carbonyl (C=O) groups excluding carboxylic acids is 2. The van der Waals surface area contributed by atoms with Gasteiger partial charge < -0.3 is 9.80 Å². The first-order valence-corrected chi connectivity index (χ1v) is 8.33. The molecule has 4 rings (SSSR count). The van der Waals surface area contributed by atoms with Crippen LogP contribution in [0, 0.1) is 17.7 Å². The molecule has 0 aliphatic carbocycles. The molecule has 0 N–H and O–H groups in total. The van der Waals surface area contributed by atoms with E-state index >= 15 is 0 Å². The molecule has 25 heavy (non-hydrogen) atoms. The van der Waals surface area contributed by atoms with Crippen LogP contribution in [0.15, 0.2) is 36.5 Å². The molecule has 7 heteroatoms. The van der Waals surface area contributed by atoms with Crippen LogP contribution in [0.5, 0.6) is 0 Å². The minimum atomic E-state index is -0.294. The third kappa shape index (κ3) is 2.79. The Hall–Kier alpha value is -2.70. The van der Waals surface area contributed by atoms with Crippen LogP contribution in [0.25, 0.3) is 0 Å². The average molecular weight is 342 g/mol. The average Bonchev–Trinajstić information content (AvgIpc) is 3.25. The van der Waals surface area contributed by atoms with Crippen molar-refractivity contribution in [2.75, 3.05) is 19.6 Å². The highest BCUT2D eigenvalue weighted by molar-refractivity contribution is 5.93. The summed E-state index contributed by atoms with van der Waals surface area (Å²) in [7, 11) is 1.73. The SMILES string of the molecule is Cn1nccc1C(=O)N1C[C@H]2CN(Cc3cccc(F)c3)C(=O)[C@H]2C1. The molecule has 2 amide bonds. The minimum absolute atomic E-state index is 0.0505. The number of fused-ring (bicyclic) bond motifs is 1. The van der Waals surface area contributed by atoms with Crippen molar-refractivity contribution in [2.45, 2.75) is 6.54 Å². The summed E-state index contributed by atoms with van der Waals surface area (Å²) in [5.74, 6) is -0.352. The van der Waals surface area contributed by atoms with Gasteiger partial charge in [0.05, 0.1) is 5.92 Å². The molecule has 0 saturated carbocycles. The molecular formula is C18H19FN4O2. The van der Waals surface area contributed by atoms with Crippen molar-refractivity contribution in [3.05, 3.63) is 53.6 Å². The number of likely N-dealkylation sites (tertiary alicyclic amines) is 2. The number of carbonyl (C=O) groups is 2. The number of nitrogens with zero attached hydrogens (tertiary/aromatic N) is 4. The second kappa shape index (κ2) is 5.98. The van der Waals surface area contributed by atoms with Crippen LogP contribution in [0.4, 0.5) is 4.39 Å². The van der Waals surface area contributed by atoms with E-state index in [-0.39, 0.29) is 29.5 Å². The Balaban J connectivity index is 1.43. The van der Waals surface area contributed by atoms with E-state index in [9.17, 15) is 14.0 Å². The number of hydrogen-bond donors (Lipinski definition) is 0. The van der Waals surface area contributed by atoms with E-state index in [1.54, 1.807) is 39.9 Å². The lowest BCUT2D eigenvalue weighted by Gasteiger charge is -2.22. The fraction of sp³-hybridized carbons (Fsp3) is 0.389. The molecule has 130 valence electrons. The number of halogens is 1. The lowest BCUT2D eigenvalue weighted by molar-refractivity contribution is -0.131. The molecule has 2 aliphatic rings. The number of aromatic nitrogens is 2. The van der Waals surface area contributed by atoms with Gasteiger partial charge in [0.2, 0.25) is 5.91 Å². The molecular weight excluding hydrogens is 323 g/mol. The van der Waals surface area contributed by atoms with Gasteiger partial charge in [-0.2, -0.15) is 5.10 Å². The predicted octanol–water partition coefficient (Wildman–Crippen LogP) is 1.29. The van der Waals surface area contributed by atoms with Crippen LogP contribution in [-0.2, 0) is 18.4 Å². The molecule has 2 saturated heterocycles. The normalized spacial score (nSPS) is 22.6. The van der Waals surface area contributed by atoms with Gasteiger partial charge in [-0.25, -0.2) is 4.39 Å². The van der Waals surface area contributed by atoms with Crippen molar-refractivity contribution >= 4 is 11.8 Å². The van der Waals surface area contributed by atoms with Gasteiger partial charge in [-0.05, 0) is 23.8 Å². The molecule has 2 aliphatic heterocycles. The Morgan fingerprint density at radius 1 is 1.28 bits per heavy atom. The smallest absolute Gasteiger partial charge is 0.272 e. The zero-order chi connectivity index (χ0) is 17.6. The Bertz CT molecular complexity index is 834. The first kappa shape index (κ1) is 15.8. The Labute approximate surface area is 144 Å². The molecule has 2 atom stereocenters. The van der Waals surface area contributed by atoms with Crippen LogP contribution in [0.1, 0.15) is 16.1 Å². The fourth-order valence-electron chi connectivity index (χ4n) is 3.85. The van der Waals surface area contributed by atoms with Crippen LogP contribution >= 0.6 is 0 Å². The van der Waals surface area contributed by atoms with Crippen molar-refractivity contribution < 1.29 is 14.0 Å². The van der Waals surface area contributed by atoms with Crippen molar-refractivity contribution in [3.8, 4) is 0 Å². The summed E-state index contributed by atoms with van der Waals surface area (Å²) in [5.41, 5.74) is 1.32. The molecule has 1 aromatic heterocycles. The summed E-state index contributed by atoms with van der Waals surface area (Å²) in [6.07, 6.45) is 1.59. The minimum Gasteiger partial charge on any atom is -0.338 e. The van der Waals surface area contributed by atoms with Gasteiger partial charge in [0.15, 0.2) is 0 Å². The Morgan fingerprint density at radius 2 is 2.12 bits per heavy atom. The molecule has 1 aromatic carbocycles. The third-order valence-corrected chi connectivity index (χ3v) is 5.11. The van der Waals surface area contributed by atoms with E-state index in [1.165, 1.54) is 12.1 Å². The van der Waals surface area contributed by atoms with Gasteiger partial charge in [-0.15, -0.1) is 0 Å². The fourth-order valence-corrected chi connectivity index (χ4v) is 3.85. The van der Waals surface area contributed by atoms with Gasteiger partial charge in [0.25, 0.3) is 5.91 Å². The summed E-state index contributed by atoms with van der Waals surface area (Å²) in [6, 6.07) is 8.02. The maximum atomic E-state index is 13.3. The lowest BCUT2D eigenvalue weighted by atomic mass is 10.0. The van der Waals surface area contributed by atoms with E-state index in [4.69, 9.17) is 0 Å². The molecule has 2 aromatic rings. The summed E-state index contributed by atoms with van der Waals surface area (Å²) in [5, 5.41) is 4.03. The van der Waals surface area contributed by atoms with Gasteiger partial charge >= 0.3 is 0 Å². The van der Waals surface area contributed by atoms with Gasteiger partial charge in [0, 0.05) is 45.3 Å². The van der Waals surface area contributed by atoms with Crippen LogP contribution in [0.3, 0.4) is 0 Å². The lowest BCUT2D eigenvalue weighted by Crippen LogP contribution is -2.36. The standard InChI is InChI=1S/C18H19FN4O2/c1-21-16(5-6-20-21)18(25)23-10-13-9-22(17(24)15(13)11-23)8-12-3-2-4-14(19)7-12/h2-7,13,15H,8-11H2,1H3/t13-,15+/m1/s1. The first-order chi connectivity index (χ1) is 12.0. The summed E-state index contributed by atoms with van der Waals surface area (Å²) in [4.78, 5) is 28.8. The van der Waals surface area contributed by atoms with Gasteiger partial charge in [0.1, 0.15) is 11.5 Å². The maximum Gasteiger partial charge on any atom is 0.272 e. The second-order valence-electron chi connectivity index (χ2n) is 6.77. The molecule has 0 bridgehead atoms. The number of benzene rings is 1. The number of aryl methyl sites for hydroxylation is 1. The zero-order valence-corrected chi connectivity index (χ0v) is 13.9. The number of amides is 2. The summed E-state index contributed by atoms with van der Waals surface area (Å²) in [6.45, 7) is 2.03. The van der Waals surface area contributed by atoms with Crippen molar-refractivity contribution in [3.63, 3.8) is 0 Å². The van der Waals surface area contributed by atoms with Crippen molar-refractivity contribution in [2.24, 2.45) is 18.9 Å². The van der Waals surface area contributed by atoms with E-state index in [0.29, 0.717) is 31.9 Å². The van der Waals surface area contributed by atoms with E-state index in [2.05, 4.69) is 5.10 Å². The topological polar surface area (TPSA) is 58.4 Å². The number of hydrogen-bond acceptors (Lipinski definition) is 3. The molecule has 3 heterocycles. The number of rotatable bonds is 3. The van der Waals surface area contributed by atoms with Crippen LogP contribution in [-0.4, -0.2) is 51.0 Å². The van der Waals surface area contributed by atoms with Crippen LogP contribution in [0.2, 0.25) is 0 Å². The molecule has 0 radical (unpaired) electrons. The van der Waals surface area contributed by atoms with E-state index in [1.807, 2.05) is 6.07 Å². The van der Waals surface area contributed by atoms with Crippen LogP contribution < -0.4 is 0 Å². The highest BCUT2D eigenvalue weighted by Gasteiger charge is 2.47. The quantitative estimate of drug-likeness (QED) is 0.845. The van der Waals surface area contributed by atoms with Gasteiger partial charge in [-0.3, -0.25) is 14.3 Å². The van der Waals surface area contributed by atoms with Gasteiger partial charge in [-0.1, -0.05) is 12.1 Å². The first-order valence-electron chi connectivity index (χ1n) is 8.33. The second-order valence-corrected chi connectivity index (χ2v) is 6.77. The highest BCUT2D eigenvalue weighted by Crippen LogP contribution is 2.33. The molecule has 6 nitrogen and oxygen atoms in total. The highest BCUT2D eigenvalue weighted by atomic mass is 19.1. The van der Waals surface area contributed by atoms with E-state index in [0.717, 1.165) is 5.56 Å². The molecule has 0 spiro atoms. The zero-order valence-electron chi connectivity index (χ0n) is 13.9. The third-order valence-electron chi connectivity index (χ3n) is 5.11. The summed E-state index contributed by atoms with van der Waals surface area (Å²) >= 11 is 0. The maximum absolute atomic E-state index is 13.3.